The van der Waals surface area contributed by atoms with E-state index in [1.807, 2.05) is 42.3 Å². The average molecular weight is 813 g/mol. The van der Waals surface area contributed by atoms with E-state index >= 15 is 0 Å². The summed E-state index contributed by atoms with van der Waals surface area (Å²) in [6.45, 7) is 3.90. The highest BCUT2D eigenvalue weighted by Gasteiger charge is 2.39. The first-order valence-corrected chi connectivity index (χ1v) is 23.3. The number of unbranched alkanes of at least 4 members (excludes halogenated alkanes) is 24. The predicted octanol–water partition coefficient (Wildman–Crippen LogP) is 10.5. The maximum Gasteiger partial charge on any atom is 0.361 e. The van der Waals surface area contributed by atoms with E-state index in [4.69, 9.17) is 18.9 Å². The molecule has 0 aromatic heterocycles. The summed E-state index contributed by atoms with van der Waals surface area (Å²) in [5.41, 5.74) is -1.24. The van der Waals surface area contributed by atoms with Gasteiger partial charge in [0.1, 0.15) is 31.8 Å². The van der Waals surface area contributed by atoms with Gasteiger partial charge in [-0.2, -0.15) is 0 Å². The Morgan fingerprint density at radius 2 is 0.544 bits per heavy atom. The van der Waals surface area contributed by atoms with Gasteiger partial charge in [-0.3, -0.25) is 9.59 Å². The van der Waals surface area contributed by atoms with Crippen LogP contribution in [0, 0.1) is 5.41 Å². The van der Waals surface area contributed by atoms with E-state index in [9.17, 15) is 19.2 Å². The van der Waals surface area contributed by atoms with Gasteiger partial charge in [-0.05, 0) is 12.8 Å². The largest absolute Gasteiger partial charge is 0.465 e. The quantitative estimate of drug-likeness (QED) is 0.0261. The van der Waals surface area contributed by atoms with E-state index in [1.54, 1.807) is 0 Å². The topological polar surface area (TPSA) is 105 Å². The Kier molecular flexibility index (Phi) is 33.3. The third kappa shape index (κ3) is 37.8. The summed E-state index contributed by atoms with van der Waals surface area (Å²) in [6.07, 6.45) is 32.2. The molecule has 0 fully saturated rings. The van der Waals surface area contributed by atoms with Crippen molar-refractivity contribution < 1.29 is 47.1 Å². The fourth-order valence-electron chi connectivity index (χ4n) is 6.77. The van der Waals surface area contributed by atoms with Crippen molar-refractivity contribution in [2.75, 3.05) is 81.8 Å². The Morgan fingerprint density at radius 1 is 0.333 bits per heavy atom. The van der Waals surface area contributed by atoms with Crippen LogP contribution in [0.1, 0.15) is 194 Å². The van der Waals surface area contributed by atoms with Crippen molar-refractivity contribution in [2.24, 2.45) is 5.41 Å². The molecule has 57 heavy (non-hydrogen) atoms. The molecule has 0 heterocycles. The summed E-state index contributed by atoms with van der Waals surface area (Å²) in [6, 6.07) is 0. The maximum absolute atomic E-state index is 13.0. The Morgan fingerprint density at radius 3 is 0.772 bits per heavy atom. The molecule has 0 aliphatic carbocycles. The van der Waals surface area contributed by atoms with Gasteiger partial charge >= 0.3 is 23.9 Å². The molecule has 0 aromatic rings. The summed E-state index contributed by atoms with van der Waals surface area (Å²) < 4.78 is 23.7. The third-order valence-electron chi connectivity index (χ3n) is 10.3. The molecule has 0 aliphatic heterocycles. The zero-order chi connectivity index (χ0) is 42.7. The number of likely N-dealkylation sites (N-methyl/N-ethyl adjacent to an activating group) is 2. The van der Waals surface area contributed by atoms with Gasteiger partial charge in [0.25, 0.3) is 0 Å². The molecule has 0 aromatic carbocycles. The molecule has 10 heteroatoms. The zero-order valence-electron chi connectivity index (χ0n) is 38.7. The number of hydrogen-bond donors (Lipinski definition) is 0. The van der Waals surface area contributed by atoms with Crippen LogP contribution in [0.3, 0.4) is 0 Å². The number of rotatable bonds is 40. The van der Waals surface area contributed by atoms with Crippen LogP contribution in [0.2, 0.25) is 0 Å². The number of nitrogens with zero attached hydrogens (tertiary/aromatic N) is 2. The molecule has 0 saturated heterocycles. The summed E-state index contributed by atoms with van der Waals surface area (Å²) >= 11 is 0. The maximum atomic E-state index is 13.0. The highest BCUT2D eigenvalue weighted by Crippen LogP contribution is 2.23. The van der Waals surface area contributed by atoms with E-state index in [2.05, 4.69) is 13.8 Å². The van der Waals surface area contributed by atoms with Crippen molar-refractivity contribution in [3.8, 4) is 0 Å². The molecule has 0 aliphatic rings. The van der Waals surface area contributed by atoms with E-state index in [0.717, 1.165) is 38.5 Å². The normalized spacial score (nSPS) is 12.1. The van der Waals surface area contributed by atoms with Crippen LogP contribution in [0.5, 0.6) is 0 Å². The Hall–Kier alpha value is -2.20. The predicted molar refractivity (Wildman–Crippen MR) is 233 cm³/mol. The van der Waals surface area contributed by atoms with Crippen LogP contribution < -0.4 is 0 Å². The first-order chi connectivity index (χ1) is 27.1. The first-order valence-electron chi connectivity index (χ1n) is 23.3. The standard InChI is InChI=1S/C47H92N2O8/c1-9-11-13-15-17-19-21-23-25-27-29-31-33-35-43(50)54-39-47(41-56-45(52)37-48(3,4)5,42-57-46(53)38-49(6,7)8)40-55-44(51)36-34-32-30-28-26-24-22-20-18-16-14-12-10-2/h9-42H2,1-8H3/q+2. The first kappa shape index (κ1) is 54.8. The van der Waals surface area contributed by atoms with Crippen LogP contribution in [0.25, 0.3) is 0 Å². The van der Waals surface area contributed by atoms with Gasteiger partial charge in [0.05, 0.1) is 42.3 Å². The van der Waals surface area contributed by atoms with Crippen LogP contribution in [0.15, 0.2) is 0 Å². The second kappa shape index (κ2) is 34.6. The molecule has 0 rings (SSSR count). The lowest BCUT2D eigenvalue weighted by Crippen LogP contribution is -2.47. The van der Waals surface area contributed by atoms with Gasteiger partial charge in [-0.15, -0.1) is 0 Å². The molecule has 0 N–H and O–H groups in total. The van der Waals surface area contributed by atoms with Crippen LogP contribution in [-0.2, 0) is 38.1 Å². The smallest absolute Gasteiger partial charge is 0.361 e. The lowest BCUT2D eigenvalue weighted by atomic mass is 9.92. The van der Waals surface area contributed by atoms with Crippen molar-refractivity contribution >= 4 is 23.9 Å². The number of ether oxygens (including phenoxy) is 4. The van der Waals surface area contributed by atoms with Crippen LogP contribution >= 0.6 is 0 Å². The third-order valence-corrected chi connectivity index (χ3v) is 10.3. The summed E-state index contributed by atoms with van der Waals surface area (Å²) in [5, 5.41) is 0. The van der Waals surface area contributed by atoms with Crippen molar-refractivity contribution in [3.63, 3.8) is 0 Å². The minimum Gasteiger partial charge on any atom is -0.465 e. The Balaban J connectivity index is 5.11. The summed E-state index contributed by atoms with van der Waals surface area (Å²) in [5.74, 6) is -1.62. The molecule has 0 atom stereocenters. The second-order valence-corrected chi connectivity index (χ2v) is 19.0. The highest BCUT2D eigenvalue weighted by atomic mass is 16.6. The number of carbonyl (C=O) groups is 4. The Bertz CT molecular complexity index is 940. The monoisotopic (exact) mass is 813 g/mol. The van der Waals surface area contributed by atoms with Crippen molar-refractivity contribution in [1.82, 2.24) is 0 Å². The molecule has 0 radical (unpaired) electrons. The molecule has 336 valence electrons. The number of hydrogen-bond acceptors (Lipinski definition) is 8. The van der Waals surface area contributed by atoms with Gasteiger partial charge in [0, 0.05) is 12.8 Å². The van der Waals surface area contributed by atoms with Gasteiger partial charge in [0.2, 0.25) is 0 Å². The molecule has 0 amide bonds. The van der Waals surface area contributed by atoms with Crippen molar-refractivity contribution in [3.05, 3.63) is 0 Å². The molecular weight excluding hydrogens is 721 g/mol. The van der Waals surface area contributed by atoms with Gasteiger partial charge in [0.15, 0.2) is 13.1 Å². The van der Waals surface area contributed by atoms with E-state index in [1.165, 1.54) is 128 Å². The zero-order valence-corrected chi connectivity index (χ0v) is 38.7. The molecule has 0 bridgehead atoms. The minimum absolute atomic E-state index is 0.120. The number of esters is 4. The van der Waals surface area contributed by atoms with Crippen LogP contribution in [0.4, 0.5) is 0 Å². The number of carbonyl (C=O) groups excluding carboxylic acids is 4. The van der Waals surface area contributed by atoms with E-state index < -0.39 is 17.4 Å². The van der Waals surface area contributed by atoms with Gasteiger partial charge in [-0.25, -0.2) is 9.59 Å². The second-order valence-electron chi connectivity index (χ2n) is 19.0. The van der Waals surface area contributed by atoms with Gasteiger partial charge < -0.3 is 27.9 Å². The number of quaternary nitrogens is 2. The fraction of sp³-hybridized carbons (Fsp3) is 0.915. The highest BCUT2D eigenvalue weighted by molar-refractivity contribution is 5.72. The summed E-state index contributed by atoms with van der Waals surface area (Å²) in [7, 11) is 11.3. The molecule has 0 saturated carbocycles. The molecule has 0 unspecified atom stereocenters. The van der Waals surface area contributed by atoms with E-state index in [-0.39, 0.29) is 64.3 Å². The SMILES string of the molecule is CCCCCCCCCCCCCCCC(=O)OCC(COC(=O)CCCCCCCCCCCCCCC)(COC(=O)C[N+](C)(C)C)COC(=O)C[N+](C)(C)C. The van der Waals surface area contributed by atoms with Gasteiger partial charge in [-0.1, -0.05) is 168 Å². The molecule has 10 nitrogen and oxygen atoms in total. The lowest BCUT2D eigenvalue weighted by molar-refractivity contribution is -0.862. The summed E-state index contributed by atoms with van der Waals surface area (Å²) in [4.78, 5) is 51.6. The molecular formula is C47H92N2O8+2. The van der Waals surface area contributed by atoms with Crippen molar-refractivity contribution in [1.29, 1.82) is 0 Å². The van der Waals surface area contributed by atoms with E-state index in [0.29, 0.717) is 8.97 Å². The lowest BCUT2D eigenvalue weighted by Gasteiger charge is -2.32. The average Bonchev–Trinajstić information content (AvgIpc) is 3.13. The fourth-order valence-corrected chi connectivity index (χ4v) is 6.77. The van der Waals surface area contributed by atoms with Crippen molar-refractivity contribution in [2.45, 2.75) is 194 Å². The van der Waals surface area contributed by atoms with Crippen LogP contribution in [-0.4, -0.2) is 115 Å². The molecule has 0 spiro atoms. The minimum atomic E-state index is -1.24. The Labute approximate surface area is 351 Å².